The van der Waals surface area contributed by atoms with Crippen LogP contribution >= 0.6 is 39.5 Å². The van der Waals surface area contributed by atoms with E-state index >= 15 is 0 Å². The molecule has 0 bridgehead atoms. The minimum Gasteiger partial charge on any atom is -0.497 e. The molecule has 2 aromatic rings. The van der Waals surface area contributed by atoms with Crippen LogP contribution in [0.5, 0.6) is 5.75 Å². The lowest BCUT2D eigenvalue weighted by molar-refractivity contribution is -0.151. The maximum Gasteiger partial charge on any atom is 0.356 e. The van der Waals surface area contributed by atoms with Crippen LogP contribution in [-0.2, 0) is 25.7 Å². The molecule has 4 rings (SSSR count). The summed E-state index contributed by atoms with van der Waals surface area (Å²) in [5.74, 6) is -0.121. The Bertz CT molecular complexity index is 1190. The lowest BCUT2D eigenvalue weighted by Crippen LogP contribution is -2.68. The van der Waals surface area contributed by atoms with E-state index in [4.69, 9.17) is 19.9 Å². The third-order valence-corrected chi connectivity index (χ3v) is 8.94. The quantitative estimate of drug-likeness (QED) is 0.368. The molecule has 2 aromatic carbocycles. The standard InChI is InChI=1S/C24H23BrN2O6S2/c1-3-32-23(29)14-6-9-17(16(25)10-14)35-18-12-34-22-19(26)21(28)27(22)20(18)24(30)33-11-13-4-7-15(31-2)8-5-13/h4-10,19,22H,3,11-12,26H2,1-2H3/t19-,22+/m1/s1. The van der Waals surface area contributed by atoms with Gasteiger partial charge in [-0.15, -0.1) is 11.8 Å². The number of hydrogen-bond donors (Lipinski definition) is 1. The van der Waals surface area contributed by atoms with Crippen molar-refractivity contribution in [2.45, 2.75) is 29.8 Å². The Morgan fingerprint density at radius 3 is 2.57 bits per heavy atom. The van der Waals surface area contributed by atoms with E-state index in [1.54, 1.807) is 44.4 Å². The van der Waals surface area contributed by atoms with E-state index in [1.165, 1.54) is 28.4 Å². The van der Waals surface area contributed by atoms with Crippen LogP contribution in [0, 0.1) is 0 Å². The Kier molecular flexibility index (Phi) is 8.10. The highest BCUT2D eigenvalue weighted by Crippen LogP contribution is 2.46. The van der Waals surface area contributed by atoms with Crippen LogP contribution in [0.1, 0.15) is 22.8 Å². The Labute approximate surface area is 219 Å². The molecule has 184 valence electrons. The molecule has 0 saturated carbocycles. The van der Waals surface area contributed by atoms with Gasteiger partial charge in [0.25, 0.3) is 0 Å². The first kappa shape index (κ1) is 25.6. The summed E-state index contributed by atoms with van der Waals surface area (Å²) in [5.41, 5.74) is 7.38. The number of hydrogen-bond acceptors (Lipinski definition) is 9. The minimum atomic E-state index is -0.647. The summed E-state index contributed by atoms with van der Waals surface area (Å²) in [7, 11) is 1.58. The second-order valence-corrected chi connectivity index (χ2v) is 10.7. The molecule has 1 saturated heterocycles. The number of nitrogens with two attached hydrogens (primary N) is 1. The van der Waals surface area contributed by atoms with E-state index in [-0.39, 0.29) is 30.2 Å². The van der Waals surface area contributed by atoms with E-state index in [9.17, 15) is 14.4 Å². The normalized spacial score (nSPS) is 19.1. The summed E-state index contributed by atoms with van der Waals surface area (Å²) in [6.45, 7) is 2.08. The monoisotopic (exact) mass is 578 g/mol. The van der Waals surface area contributed by atoms with E-state index in [2.05, 4.69) is 15.9 Å². The summed E-state index contributed by atoms with van der Waals surface area (Å²) in [6.07, 6.45) is 0. The molecule has 2 aliphatic rings. The number of fused-ring (bicyclic) bond motifs is 1. The fourth-order valence-electron chi connectivity index (χ4n) is 3.55. The van der Waals surface area contributed by atoms with Crippen LogP contribution in [0.4, 0.5) is 0 Å². The van der Waals surface area contributed by atoms with Gasteiger partial charge in [0.05, 0.1) is 19.3 Å². The van der Waals surface area contributed by atoms with Crippen LogP contribution < -0.4 is 10.5 Å². The van der Waals surface area contributed by atoms with Crippen molar-refractivity contribution in [1.82, 2.24) is 4.90 Å². The molecule has 0 unspecified atom stereocenters. The largest absolute Gasteiger partial charge is 0.497 e. The molecule has 8 nitrogen and oxygen atoms in total. The lowest BCUT2D eigenvalue weighted by atomic mass is 10.1. The first-order valence-corrected chi connectivity index (χ1v) is 13.4. The Morgan fingerprint density at radius 2 is 1.91 bits per heavy atom. The zero-order chi connectivity index (χ0) is 25.1. The predicted molar refractivity (Wildman–Crippen MR) is 137 cm³/mol. The molecular weight excluding hydrogens is 556 g/mol. The predicted octanol–water partition coefficient (Wildman–Crippen LogP) is 3.92. The van der Waals surface area contributed by atoms with Crippen molar-refractivity contribution in [3.05, 3.63) is 68.7 Å². The zero-order valence-corrected chi connectivity index (χ0v) is 22.2. The molecule has 1 amide bonds. The maximum atomic E-state index is 13.2. The number of nitrogens with zero attached hydrogens (tertiary/aromatic N) is 1. The van der Waals surface area contributed by atoms with Gasteiger partial charge in [-0.1, -0.05) is 23.9 Å². The van der Waals surface area contributed by atoms with Crippen LogP contribution in [0.25, 0.3) is 0 Å². The van der Waals surface area contributed by atoms with Gasteiger partial charge in [0, 0.05) is 20.0 Å². The molecule has 11 heteroatoms. The second-order valence-electron chi connectivity index (χ2n) is 7.60. The van der Waals surface area contributed by atoms with Gasteiger partial charge in [0.1, 0.15) is 29.5 Å². The van der Waals surface area contributed by atoms with Gasteiger partial charge in [-0.05, 0) is 58.7 Å². The number of amides is 1. The number of carbonyl (C=O) groups excluding carboxylic acids is 3. The third kappa shape index (κ3) is 5.37. The first-order chi connectivity index (χ1) is 16.8. The molecule has 0 spiro atoms. The van der Waals surface area contributed by atoms with Crippen molar-refractivity contribution >= 4 is 57.3 Å². The van der Waals surface area contributed by atoms with Crippen molar-refractivity contribution in [2.75, 3.05) is 19.5 Å². The van der Waals surface area contributed by atoms with E-state index < -0.39 is 18.0 Å². The van der Waals surface area contributed by atoms with Gasteiger partial charge < -0.3 is 19.9 Å². The van der Waals surface area contributed by atoms with Crippen molar-refractivity contribution in [3.63, 3.8) is 0 Å². The molecule has 2 aliphatic heterocycles. The highest BCUT2D eigenvalue weighted by atomic mass is 79.9. The van der Waals surface area contributed by atoms with Gasteiger partial charge in [0.15, 0.2) is 0 Å². The van der Waals surface area contributed by atoms with Crippen molar-refractivity contribution < 1.29 is 28.6 Å². The Balaban J connectivity index is 1.58. The van der Waals surface area contributed by atoms with E-state index in [0.29, 0.717) is 26.4 Å². The molecule has 2 N–H and O–H groups in total. The average Bonchev–Trinajstić information content (AvgIpc) is 2.88. The minimum absolute atomic E-state index is 0.0497. The average molecular weight is 579 g/mol. The Hall–Kier alpha value is -2.47. The van der Waals surface area contributed by atoms with Crippen molar-refractivity contribution in [2.24, 2.45) is 5.73 Å². The molecule has 35 heavy (non-hydrogen) atoms. The fourth-order valence-corrected chi connectivity index (χ4v) is 6.59. The number of halogens is 1. The molecule has 2 atom stereocenters. The maximum absolute atomic E-state index is 13.2. The summed E-state index contributed by atoms with van der Waals surface area (Å²) < 4.78 is 16.5. The van der Waals surface area contributed by atoms with Crippen molar-refractivity contribution in [1.29, 1.82) is 0 Å². The number of β-lactam (4-membered cyclic amide) rings is 1. The fraction of sp³-hybridized carbons (Fsp3) is 0.292. The molecule has 2 heterocycles. The molecule has 0 aliphatic carbocycles. The van der Waals surface area contributed by atoms with Crippen molar-refractivity contribution in [3.8, 4) is 5.75 Å². The number of rotatable bonds is 8. The smallest absolute Gasteiger partial charge is 0.356 e. The summed E-state index contributed by atoms with van der Waals surface area (Å²) in [4.78, 5) is 40.7. The lowest BCUT2D eigenvalue weighted by Gasteiger charge is -2.48. The number of thioether (sulfide) groups is 2. The second kappa shape index (κ2) is 11.1. The van der Waals surface area contributed by atoms with Gasteiger partial charge >= 0.3 is 11.9 Å². The Morgan fingerprint density at radius 1 is 1.17 bits per heavy atom. The van der Waals surface area contributed by atoms with Crippen LogP contribution in [-0.4, -0.2) is 53.6 Å². The number of carbonyl (C=O) groups is 3. The summed E-state index contributed by atoms with van der Waals surface area (Å²) >= 11 is 6.34. The SMILES string of the molecule is CCOC(=O)c1ccc(SC2=C(C(=O)OCc3ccc(OC)cc3)N3C(=O)[C@@H](N)[C@@H]3SC2)c(Br)c1. The van der Waals surface area contributed by atoms with E-state index in [1.807, 2.05) is 12.1 Å². The van der Waals surface area contributed by atoms with E-state index in [0.717, 1.165) is 10.5 Å². The topological polar surface area (TPSA) is 108 Å². The van der Waals surface area contributed by atoms with Gasteiger partial charge in [-0.2, -0.15) is 0 Å². The highest BCUT2D eigenvalue weighted by molar-refractivity contribution is 9.10. The van der Waals surface area contributed by atoms with Gasteiger partial charge in [-0.3, -0.25) is 9.69 Å². The number of benzene rings is 2. The van der Waals surface area contributed by atoms with Crippen LogP contribution in [0.15, 0.2) is 62.4 Å². The molecule has 0 radical (unpaired) electrons. The van der Waals surface area contributed by atoms with Gasteiger partial charge in [0.2, 0.25) is 5.91 Å². The molecular formula is C24H23BrN2O6S2. The zero-order valence-electron chi connectivity index (χ0n) is 19.0. The number of ether oxygens (including phenoxy) is 3. The van der Waals surface area contributed by atoms with Crippen LogP contribution in [0.2, 0.25) is 0 Å². The molecule has 1 fully saturated rings. The molecule has 0 aromatic heterocycles. The summed E-state index contributed by atoms with van der Waals surface area (Å²) in [5, 5.41) is -0.301. The third-order valence-electron chi connectivity index (χ3n) is 5.37. The van der Waals surface area contributed by atoms with Gasteiger partial charge in [-0.25, -0.2) is 9.59 Å². The number of methoxy groups -OCH3 is 1. The highest BCUT2D eigenvalue weighted by Gasteiger charge is 2.52. The number of esters is 2. The summed E-state index contributed by atoms with van der Waals surface area (Å²) in [6, 6.07) is 11.6. The first-order valence-electron chi connectivity index (χ1n) is 10.7. The van der Waals surface area contributed by atoms with Crippen LogP contribution in [0.3, 0.4) is 0 Å².